The normalized spacial score (nSPS) is 10.2. The molecule has 25 heavy (non-hydrogen) atoms. The highest BCUT2D eigenvalue weighted by molar-refractivity contribution is 5.87. The molecule has 0 fully saturated rings. The molecule has 0 aliphatic rings. The smallest absolute Gasteiger partial charge is 0.335 e. The Kier molecular flexibility index (Phi) is 6.39. The van der Waals surface area contributed by atoms with Gasteiger partial charge in [0.1, 0.15) is 0 Å². The molecule has 0 atom stereocenters. The van der Waals surface area contributed by atoms with E-state index < -0.39 is 5.97 Å². The maximum absolute atomic E-state index is 12.0. The fraction of sp³-hybridized carbons (Fsp3) is 0.263. The van der Waals surface area contributed by atoms with Crippen molar-refractivity contribution in [3.05, 3.63) is 59.2 Å². The van der Waals surface area contributed by atoms with Crippen LogP contribution in [0.1, 0.15) is 21.5 Å². The van der Waals surface area contributed by atoms with Gasteiger partial charge in [-0.05, 0) is 41.8 Å². The molecule has 0 saturated carbocycles. The molecular weight excluding hydrogens is 322 g/mol. The van der Waals surface area contributed by atoms with E-state index in [2.05, 4.69) is 5.32 Å². The van der Waals surface area contributed by atoms with Gasteiger partial charge in [-0.3, -0.25) is 4.79 Å². The molecule has 0 heterocycles. The first kappa shape index (κ1) is 18.3. The molecule has 2 aromatic carbocycles. The average Bonchev–Trinajstić information content (AvgIpc) is 2.62. The van der Waals surface area contributed by atoms with Crippen LogP contribution in [0, 0.1) is 0 Å². The van der Waals surface area contributed by atoms with Crippen molar-refractivity contribution in [2.45, 2.75) is 12.8 Å². The Morgan fingerprint density at radius 2 is 1.60 bits per heavy atom. The number of nitrogens with one attached hydrogen (secondary N) is 1. The standard InChI is InChI=1S/C19H21NO5/c1-24-16-8-5-14(11-17(16)25-2)12-18(21)20-10-9-13-3-6-15(7-4-13)19(22)23/h3-8,11H,9-10,12H2,1-2H3,(H,20,21)(H,22,23). The number of carboxylic acids is 1. The number of benzene rings is 2. The summed E-state index contributed by atoms with van der Waals surface area (Å²) in [6.07, 6.45) is 0.885. The first-order valence-electron chi connectivity index (χ1n) is 7.83. The van der Waals surface area contributed by atoms with E-state index in [9.17, 15) is 9.59 Å². The Balaban J connectivity index is 1.83. The van der Waals surface area contributed by atoms with Gasteiger partial charge in [-0.25, -0.2) is 4.79 Å². The highest BCUT2D eigenvalue weighted by Gasteiger charge is 2.08. The number of methoxy groups -OCH3 is 2. The lowest BCUT2D eigenvalue weighted by molar-refractivity contribution is -0.120. The summed E-state index contributed by atoms with van der Waals surface area (Å²) in [6, 6.07) is 12.0. The van der Waals surface area contributed by atoms with Gasteiger partial charge in [0.15, 0.2) is 11.5 Å². The molecule has 132 valence electrons. The van der Waals surface area contributed by atoms with Crippen LogP contribution in [-0.2, 0) is 17.6 Å². The highest BCUT2D eigenvalue weighted by atomic mass is 16.5. The summed E-state index contributed by atoms with van der Waals surface area (Å²) in [5.74, 6) is 0.173. The highest BCUT2D eigenvalue weighted by Crippen LogP contribution is 2.27. The van der Waals surface area contributed by atoms with E-state index in [4.69, 9.17) is 14.6 Å². The molecule has 0 saturated heterocycles. The number of aromatic carboxylic acids is 1. The molecule has 2 N–H and O–H groups in total. The van der Waals surface area contributed by atoms with Crippen LogP contribution < -0.4 is 14.8 Å². The molecule has 0 radical (unpaired) electrons. The van der Waals surface area contributed by atoms with Crippen molar-refractivity contribution < 1.29 is 24.2 Å². The number of amides is 1. The van der Waals surface area contributed by atoms with E-state index in [1.165, 1.54) is 0 Å². The van der Waals surface area contributed by atoms with Crippen LogP contribution in [0.25, 0.3) is 0 Å². The largest absolute Gasteiger partial charge is 0.493 e. The van der Waals surface area contributed by atoms with Crippen LogP contribution in [0.15, 0.2) is 42.5 Å². The third kappa shape index (κ3) is 5.24. The summed E-state index contributed by atoms with van der Waals surface area (Å²) in [5.41, 5.74) is 2.05. The van der Waals surface area contributed by atoms with Crippen molar-refractivity contribution in [3.8, 4) is 11.5 Å². The monoisotopic (exact) mass is 343 g/mol. The lowest BCUT2D eigenvalue weighted by Gasteiger charge is -2.10. The molecular formula is C19H21NO5. The molecule has 0 aliphatic heterocycles. The lowest BCUT2D eigenvalue weighted by Crippen LogP contribution is -2.27. The zero-order chi connectivity index (χ0) is 18.2. The van der Waals surface area contributed by atoms with Crippen LogP contribution in [0.5, 0.6) is 11.5 Å². The van der Waals surface area contributed by atoms with Gasteiger partial charge in [0.05, 0.1) is 26.2 Å². The molecule has 0 bridgehead atoms. The molecule has 0 aliphatic carbocycles. The van der Waals surface area contributed by atoms with Gasteiger partial charge in [0, 0.05) is 6.54 Å². The second-order valence-corrected chi connectivity index (χ2v) is 5.47. The molecule has 2 aromatic rings. The fourth-order valence-electron chi connectivity index (χ4n) is 2.40. The summed E-state index contributed by atoms with van der Waals surface area (Å²) in [4.78, 5) is 22.8. The summed E-state index contributed by atoms with van der Waals surface area (Å²) in [5, 5.41) is 11.7. The lowest BCUT2D eigenvalue weighted by atomic mass is 10.1. The second-order valence-electron chi connectivity index (χ2n) is 5.47. The molecule has 6 heteroatoms. The zero-order valence-electron chi connectivity index (χ0n) is 14.2. The number of carbonyl (C=O) groups is 2. The van der Waals surface area contributed by atoms with E-state index in [1.807, 2.05) is 6.07 Å². The Morgan fingerprint density at radius 1 is 0.960 bits per heavy atom. The predicted molar refractivity (Wildman–Crippen MR) is 93.4 cm³/mol. The van der Waals surface area contributed by atoms with Gasteiger partial charge in [-0.2, -0.15) is 0 Å². The molecule has 1 amide bonds. The number of hydrogen-bond acceptors (Lipinski definition) is 4. The van der Waals surface area contributed by atoms with E-state index in [-0.39, 0.29) is 17.9 Å². The van der Waals surface area contributed by atoms with Crippen molar-refractivity contribution in [1.82, 2.24) is 5.32 Å². The van der Waals surface area contributed by atoms with Crippen LogP contribution in [-0.4, -0.2) is 37.7 Å². The Bertz CT molecular complexity index is 740. The van der Waals surface area contributed by atoms with Crippen molar-refractivity contribution in [1.29, 1.82) is 0 Å². The summed E-state index contributed by atoms with van der Waals surface area (Å²) < 4.78 is 10.4. The average molecular weight is 343 g/mol. The Labute approximate surface area is 146 Å². The molecule has 2 rings (SSSR count). The number of hydrogen-bond donors (Lipinski definition) is 2. The van der Waals surface area contributed by atoms with Crippen LogP contribution in [0.4, 0.5) is 0 Å². The van der Waals surface area contributed by atoms with Crippen LogP contribution in [0.3, 0.4) is 0 Å². The first-order valence-corrected chi connectivity index (χ1v) is 7.83. The maximum Gasteiger partial charge on any atom is 0.335 e. The maximum atomic E-state index is 12.0. The van der Waals surface area contributed by atoms with Gasteiger partial charge in [0.25, 0.3) is 0 Å². The van der Waals surface area contributed by atoms with Gasteiger partial charge in [-0.1, -0.05) is 18.2 Å². The minimum absolute atomic E-state index is 0.0885. The van der Waals surface area contributed by atoms with E-state index >= 15 is 0 Å². The van der Waals surface area contributed by atoms with Crippen LogP contribution >= 0.6 is 0 Å². The number of rotatable bonds is 8. The van der Waals surface area contributed by atoms with E-state index in [0.29, 0.717) is 24.5 Å². The molecule has 0 spiro atoms. The SMILES string of the molecule is COc1ccc(CC(=O)NCCc2ccc(C(=O)O)cc2)cc1OC. The predicted octanol–water partition coefficient (Wildman–Crippen LogP) is 2.30. The van der Waals surface area contributed by atoms with E-state index in [0.717, 1.165) is 11.1 Å². The minimum atomic E-state index is -0.949. The quantitative estimate of drug-likeness (QED) is 0.768. The summed E-state index contributed by atoms with van der Waals surface area (Å²) >= 11 is 0. The molecule has 0 aromatic heterocycles. The van der Waals surface area contributed by atoms with Gasteiger partial charge >= 0.3 is 5.97 Å². The van der Waals surface area contributed by atoms with Gasteiger partial charge in [-0.15, -0.1) is 0 Å². The van der Waals surface area contributed by atoms with Crippen molar-refractivity contribution in [2.24, 2.45) is 0 Å². The summed E-state index contributed by atoms with van der Waals surface area (Å²) in [7, 11) is 3.12. The minimum Gasteiger partial charge on any atom is -0.493 e. The summed E-state index contributed by atoms with van der Waals surface area (Å²) in [6.45, 7) is 0.485. The molecule has 0 unspecified atom stereocenters. The van der Waals surface area contributed by atoms with Crippen molar-refractivity contribution in [3.63, 3.8) is 0 Å². The third-order valence-electron chi connectivity index (χ3n) is 3.75. The van der Waals surface area contributed by atoms with E-state index in [1.54, 1.807) is 50.6 Å². The second kappa shape index (κ2) is 8.73. The van der Waals surface area contributed by atoms with Crippen molar-refractivity contribution >= 4 is 11.9 Å². The van der Waals surface area contributed by atoms with Crippen molar-refractivity contribution in [2.75, 3.05) is 20.8 Å². The molecule has 6 nitrogen and oxygen atoms in total. The third-order valence-corrected chi connectivity index (χ3v) is 3.75. The van der Waals surface area contributed by atoms with Gasteiger partial charge in [0.2, 0.25) is 5.91 Å². The number of carboxylic acid groups (broad SMARTS) is 1. The Morgan fingerprint density at radius 3 is 2.20 bits per heavy atom. The van der Waals surface area contributed by atoms with Crippen LogP contribution in [0.2, 0.25) is 0 Å². The fourth-order valence-corrected chi connectivity index (χ4v) is 2.40. The Hall–Kier alpha value is -3.02. The topological polar surface area (TPSA) is 84.9 Å². The first-order chi connectivity index (χ1) is 12.0. The van der Waals surface area contributed by atoms with Gasteiger partial charge < -0.3 is 19.9 Å². The number of carbonyl (C=O) groups excluding carboxylic acids is 1. The number of ether oxygens (including phenoxy) is 2. The zero-order valence-corrected chi connectivity index (χ0v) is 14.2.